The largest absolute Gasteiger partial charge is 0.434 e. The maximum absolute atomic E-state index is 14.9. The van der Waals surface area contributed by atoms with Gasteiger partial charge in [0.2, 0.25) is 10.0 Å². The van der Waals surface area contributed by atoms with Gasteiger partial charge in [-0.3, -0.25) is 9.69 Å². The predicted octanol–water partition coefficient (Wildman–Crippen LogP) is 4.64. The van der Waals surface area contributed by atoms with Gasteiger partial charge in [-0.05, 0) is 60.2 Å². The molecule has 236 valence electrons. The summed E-state index contributed by atoms with van der Waals surface area (Å²) >= 11 is 1.26. The first kappa shape index (κ1) is 32.2. The summed E-state index contributed by atoms with van der Waals surface area (Å²) in [6, 6.07) is 21.4. The van der Waals surface area contributed by atoms with E-state index in [0.717, 1.165) is 15.9 Å². The van der Waals surface area contributed by atoms with Crippen LogP contribution in [0.15, 0.2) is 95.2 Å². The molecule has 1 fully saturated rings. The number of aliphatic hydroxyl groups is 1. The van der Waals surface area contributed by atoms with Crippen molar-refractivity contribution >= 4 is 39.0 Å². The van der Waals surface area contributed by atoms with Crippen LogP contribution in [0, 0.1) is 18.6 Å². The van der Waals surface area contributed by atoms with E-state index in [-0.39, 0.29) is 25.1 Å². The van der Waals surface area contributed by atoms with Gasteiger partial charge >= 0.3 is 6.09 Å². The maximum atomic E-state index is 14.9. The number of aliphatic hydroxyl groups excluding tert-OH is 1. The highest BCUT2D eigenvalue weighted by Crippen LogP contribution is 2.26. The number of aryl methyl sites for hydroxylation is 1. The van der Waals surface area contributed by atoms with Crippen LogP contribution in [0.4, 0.5) is 19.3 Å². The Labute approximate surface area is 263 Å². The number of hydrogen-bond acceptors (Lipinski definition) is 7. The van der Waals surface area contributed by atoms with Crippen LogP contribution in [0.1, 0.15) is 16.0 Å². The Balaban J connectivity index is 1.41. The highest BCUT2D eigenvalue weighted by Gasteiger charge is 2.39. The number of rotatable bonds is 12. The molecule has 0 aliphatic carbocycles. The van der Waals surface area contributed by atoms with Gasteiger partial charge in [0.25, 0.3) is 5.91 Å². The fourth-order valence-electron chi connectivity index (χ4n) is 4.97. The number of anilines is 1. The van der Waals surface area contributed by atoms with Crippen LogP contribution in [0.2, 0.25) is 0 Å². The van der Waals surface area contributed by atoms with Gasteiger partial charge in [-0.2, -0.15) is 4.31 Å². The molecule has 1 aliphatic heterocycles. The fourth-order valence-corrected chi connectivity index (χ4v) is 7.26. The van der Waals surface area contributed by atoms with Crippen molar-refractivity contribution in [2.45, 2.75) is 43.0 Å². The summed E-state index contributed by atoms with van der Waals surface area (Å²) in [6.45, 7) is 0.456. The Morgan fingerprint density at radius 2 is 1.76 bits per heavy atom. The van der Waals surface area contributed by atoms with Crippen LogP contribution in [0.3, 0.4) is 0 Å². The molecule has 1 aliphatic rings. The van der Waals surface area contributed by atoms with Crippen LogP contribution >= 0.6 is 11.3 Å². The molecule has 9 nitrogen and oxygen atoms in total. The zero-order chi connectivity index (χ0) is 32.1. The van der Waals surface area contributed by atoms with E-state index in [1.807, 2.05) is 0 Å². The second kappa shape index (κ2) is 13.9. The highest BCUT2D eigenvalue weighted by atomic mass is 32.2. The number of halogens is 2. The van der Waals surface area contributed by atoms with E-state index in [1.165, 1.54) is 23.2 Å². The highest BCUT2D eigenvalue weighted by molar-refractivity contribution is 7.89. The van der Waals surface area contributed by atoms with Gasteiger partial charge in [0.15, 0.2) is 6.10 Å². The van der Waals surface area contributed by atoms with Gasteiger partial charge in [0, 0.05) is 23.7 Å². The molecule has 0 bridgehead atoms. The predicted molar refractivity (Wildman–Crippen MR) is 165 cm³/mol. The smallest absolute Gasteiger partial charge is 0.415 e. The maximum Gasteiger partial charge on any atom is 0.415 e. The number of nitrogens with one attached hydrogen (secondary N) is 1. The monoisotopic (exact) mass is 655 g/mol. The van der Waals surface area contributed by atoms with Crippen LogP contribution in [-0.2, 0) is 32.5 Å². The molecule has 2 N–H and O–H groups in total. The van der Waals surface area contributed by atoms with E-state index in [4.69, 9.17) is 4.74 Å². The quantitative estimate of drug-likeness (QED) is 0.230. The Morgan fingerprint density at radius 3 is 2.42 bits per heavy atom. The van der Waals surface area contributed by atoms with Crippen LogP contribution in [-0.4, -0.2) is 61.2 Å². The van der Waals surface area contributed by atoms with Crippen LogP contribution < -0.4 is 10.2 Å². The number of thiophene rings is 1. The van der Waals surface area contributed by atoms with E-state index >= 15 is 0 Å². The topological polar surface area (TPSA) is 116 Å². The third-order valence-electron chi connectivity index (χ3n) is 7.40. The number of nitrogens with zero attached hydrogens (tertiary/aromatic N) is 2. The third kappa shape index (κ3) is 7.56. The summed E-state index contributed by atoms with van der Waals surface area (Å²) in [5.74, 6) is -2.70. The lowest BCUT2D eigenvalue weighted by Crippen LogP contribution is -2.53. The van der Waals surface area contributed by atoms with E-state index in [0.29, 0.717) is 16.6 Å². The van der Waals surface area contributed by atoms with Crippen LogP contribution in [0.5, 0.6) is 0 Å². The molecule has 5 rings (SSSR count). The third-order valence-corrected chi connectivity index (χ3v) is 10.1. The second-order valence-electron chi connectivity index (χ2n) is 10.6. The van der Waals surface area contributed by atoms with Gasteiger partial charge in [-0.15, -0.1) is 11.3 Å². The van der Waals surface area contributed by atoms with Crippen molar-refractivity contribution < 1.29 is 36.6 Å². The molecule has 3 atom stereocenters. The minimum atomic E-state index is -4.66. The molecule has 3 aromatic carbocycles. The lowest BCUT2D eigenvalue weighted by atomic mass is 10.0. The Hall–Kier alpha value is -4.17. The molecular weight excluding hydrogens is 624 g/mol. The van der Waals surface area contributed by atoms with E-state index < -0.39 is 63.3 Å². The lowest BCUT2D eigenvalue weighted by molar-refractivity contribution is -0.129. The zero-order valence-corrected chi connectivity index (χ0v) is 25.8. The molecule has 1 saturated heterocycles. The number of cyclic esters (lactones) is 1. The number of sulfonamides is 1. The molecule has 2 heterocycles. The Morgan fingerprint density at radius 1 is 1.07 bits per heavy atom. The van der Waals surface area contributed by atoms with Gasteiger partial charge in [0.05, 0.1) is 18.7 Å². The summed E-state index contributed by atoms with van der Waals surface area (Å²) in [7, 11) is -4.66. The molecule has 0 saturated carbocycles. The summed E-state index contributed by atoms with van der Waals surface area (Å²) < 4.78 is 63.1. The summed E-state index contributed by atoms with van der Waals surface area (Å²) in [4.78, 5) is 27.0. The molecule has 4 aromatic rings. The van der Waals surface area contributed by atoms with E-state index in [9.17, 15) is 31.9 Å². The molecule has 0 radical (unpaired) electrons. The van der Waals surface area contributed by atoms with Crippen LogP contribution in [0.25, 0.3) is 0 Å². The first-order valence-electron chi connectivity index (χ1n) is 14.1. The number of carbonyl (C=O) groups is 2. The molecule has 1 aromatic heterocycles. The van der Waals surface area contributed by atoms with E-state index in [2.05, 4.69) is 5.32 Å². The van der Waals surface area contributed by atoms with Crippen molar-refractivity contribution in [2.24, 2.45) is 0 Å². The minimum absolute atomic E-state index is 0.0552. The second-order valence-corrected chi connectivity index (χ2v) is 13.5. The summed E-state index contributed by atoms with van der Waals surface area (Å²) in [5.41, 5.74) is 1.23. The first-order valence-corrected chi connectivity index (χ1v) is 16.4. The van der Waals surface area contributed by atoms with E-state index in [1.54, 1.807) is 78.2 Å². The number of carbonyl (C=O) groups excluding carboxylic acids is 2. The van der Waals surface area contributed by atoms with Crippen molar-refractivity contribution in [3.8, 4) is 0 Å². The average Bonchev–Trinajstić information content (AvgIpc) is 3.69. The SMILES string of the molecule is Cc1cc(F)c(S(=O)(=O)N(Cc2cccs2)C[C@@H](O)[C@H](Cc2ccccc2)NC(=O)[C@@H]2CN(c3ccccc3)C(=O)O2)cc1F. The molecule has 0 spiro atoms. The van der Waals surface area contributed by atoms with Gasteiger partial charge in [-0.1, -0.05) is 54.6 Å². The lowest BCUT2D eigenvalue weighted by Gasteiger charge is -2.30. The Kier molecular flexibility index (Phi) is 9.93. The standard InChI is InChI=1S/C32H31F2N3O6S2/c1-21-15-26(34)30(17-25(21)33)45(41,42)36(18-24-13-8-14-44-24)19-28(38)27(16-22-9-4-2-5-10-22)35-31(39)29-20-37(32(40)43-29)23-11-6-3-7-12-23/h2-15,17,27-29,38H,16,18-20H2,1H3,(H,35,39)/t27-,28+,29-/m0/s1. The Bertz CT molecular complexity index is 1740. The van der Waals surface area contributed by atoms with Gasteiger partial charge in [-0.25, -0.2) is 22.0 Å². The summed E-state index contributed by atoms with van der Waals surface area (Å²) in [5, 5.41) is 16.0. The fraction of sp³-hybridized carbons (Fsp3) is 0.250. The van der Waals surface area contributed by atoms with Crippen molar-refractivity contribution in [3.63, 3.8) is 0 Å². The first-order chi connectivity index (χ1) is 21.5. The average molecular weight is 656 g/mol. The summed E-state index contributed by atoms with van der Waals surface area (Å²) in [6.07, 6.45) is -3.32. The zero-order valence-electron chi connectivity index (χ0n) is 24.2. The number of amides is 2. The van der Waals surface area contributed by atoms with Crippen molar-refractivity contribution in [1.82, 2.24) is 9.62 Å². The number of ether oxygens (including phenoxy) is 1. The minimum Gasteiger partial charge on any atom is -0.434 e. The normalized spacial score (nSPS) is 16.4. The molecule has 0 unspecified atom stereocenters. The van der Waals surface area contributed by atoms with Crippen molar-refractivity contribution in [1.29, 1.82) is 0 Å². The number of benzene rings is 3. The molecule has 13 heteroatoms. The van der Waals surface area contributed by atoms with Crippen molar-refractivity contribution in [2.75, 3.05) is 18.0 Å². The molecule has 45 heavy (non-hydrogen) atoms. The number of para-hydroxylation sites is 1. The van der Waals surface area contributed by atoms with Crippen molar-refractivity contribution in [3.05, 3.63) is 118 Å². The molecule has 2 amide bonds. The van der Waals surface area contributed by atoms with Gasteiger partial charge < -0.3 is 15.2 Å². The van der Waals surface area contributed by atoms with Gasteiger partial charge in [0.1, 0.15) is 16.5 Å². The number of hydrogen-bond donors (Lipinski definition) is 2. The molecular formula is C32H31F2N3O6S2.